The Bertz CT molecular complexity index is 1570. The molecule has 4 N–H and O–H groups in total. The summed E-state index contributed by atoms with van der Waals surface area (Å²) >= 11 is 0. The third-order valence-electron chi connectivity index (χ3n) is 17.0. The van der Waals surface area contributed by atoms with Crippen LogP contribution in [-0.2, 0) is 0 Å². The highest BCUT2D eigenvalue weighted by Crippen LogP contribution is 2.78. The molecule has 9 aliphatic rings. The number of aliphatic hydroxyl groups excluding tert-OH is 3. The third kappa shape index (κ3) is 4.68. The first-order chi connectivity index (χ1) is 23.7. The second-order valence-corrected chi connectivity index (χ2v) is 19.1. The van der Waals surface area contributed by atoms with Crippen LogP contribution in [0.15, 0.2) is 48.1 Å². The number of benzene rings is 1. The van der Waals surface area contributed by atoms with Gasteiger partial charge >= 0.3 is 0 Å². The number of nitrogens with zero attached hydrogens (tertiary/aromatic N) is 1. The Morgan fingerprint density at radius 3 is 2.34 bits per heavy atom. The molecular formula is C43H61NO6. The van der Waals surface area contributed by atoms with Crippen molar-refractivity contribution in [3.05, 3.63) is 53.6 Å². The maximum Gasteiger partial charge on any atom is 0.189 e. The molecule has 4 bridgehead atoms. The van der Waals surface area contributed by atoms with Crippen LogP contribution in [-0.4, -0.2) is 82.3 Å². The molecule has 7 heteroatoms. The molecule has 0 amide bonds. The Morgan fingerprint density at radius 2 is 1.66 bits per heavy atom. The van der Waals surface area contributed by atoms with E-state index in [2.05, 4.69) is 50.8 Å². The Morgan fingerprint density at radius 1 is 0.960 bits per heavy atom. The van der Waals surface area contributed by atoms with Crippen LogP contribution in [0.4, 0.5) is 0 Å². The number of Topliss-reactive ketones (excluding diaryl/α,β-unsaturated/α-hetero) is 1. The highest BCUT2D eigenvalue weighted by molar-refractivity contribution is 6.10. The van der Waals surface area contributed by atoms with Crippen LogP contribution in [0.2, 0.25) is 0 Å². The van der Waals surface area contributed by atoms with Gasteiger partial charge in [0.1, 0.15) is 5.75 Å². The zero-order valence-corrected chi connectivity index (χ0v) is 31.0. The van der Waals surface area contributed by atoms with Crippen LogP contribution in [0.25, 0.3) is 0 Å². The summed E-state index contributed by atoms with van der Waals surface area (Å²) in [6.07, 6.45) is 15.1. The number of rotatable bonds is 10. The Balaban J connectivity index is 1.16. The van der Waals surface area contributed by atoms with Gasteiger partial charge in [0, 0.05) is 47.0 Å². The van der Waals surface area contributed by atoms with E-state index in [0.29, 0.717) is 54.5 Å². The van der Waals surface area contributed by atoms with Crippen molar-refractivity contribution in [1.82, 2.24) is 4.90 Å². The average molecular weight is 688 g/mol. The molecule has 274 valence electrons. The first-order valence-electron chi connectivity index (χ1n) is 19.7. The molecule has 9 aliphatic carbocycles. The lowest BCUT2D eigenvalue weighted by Crippen LogP contribution is -2.67. The Kier molecular flexibility index (Phi) is 8.22. The monoisotopic (exact) mass is 687 g/mol. The molecule has 0 heterocycles. The minimum atomic E-state index is -1.00. The van der Waals surface area contributed by atoms with Gasteiger partial charge in [-0.1, -0.05) is 45.9 Å². The van der Waals surface area contributed by atoms with Crippen molar-refractivity contribution < 1.29 is 30.0 Å². The van der Waals surface area contributed by atoms with Crippen molar-refractivity contribution in [1.29, 1.82) is 0 Å². The van der Waals surface area contributed by atoms with E-state index in [0.717, 1.165) is 50.1 Å². The van der Waals surface area contributed by atoms with Gasteiger partial charge in [0.25, 0.3) is 0 Å². The molecule has 0 saturated heterocycles. The average Bonchev–Trinajstić information content (AvgIpc) is 3.37. The maximum atomic E-state index is 14.9. The van der Waals surface area contributed by atoms with Crippen molar-refractivity contribution in [2.24, 2.45) is 56.7 Å². The summed E-state index contributed by atoms with van der Waals surface area (Å²) in [6, 6.07) is 7.47. The van der Waals surface area contributed by atoms with Gasteiger partial charge in [-0.25, -0.2) is 0 Å². The molecule has 50 heavy (non-hydrogen) atoms. The molecule has 0 aromatic heterocycles. The number of methoxy groups -OCH3 is 1. The number of aliphatic hydroxyl groups is 4. The molecular weight excluding hydrogens is 626 g/mol. The molecule has 1 aromatic carbocycles. The SMILES string of the molecule is COc1ccc(C(=O)C2=C[C@@]34C=C[C@@]25[C@@H]2CC[C@@](O)(CN(C[C@H](O)CO)C[C@@H]6CC[C@H]7C[C@@H]6C7(C)C)[C@@]2(C)CC[C@@H]5[C@@]3(C)CCC(O)C4)cc1. The highest BCUT2D eigenvalue weighted by atomic mass is 16.5. The Labute approximate surface area is 299 Å². The third-order valence-corrected chi connectivity index (χ3v) is 17.0. The van der Waals surface area contributed by atoms with Gasteiger partial charge in [0.2, 0.25) is 0 Å². The lowest BCUT2D eigenvalue weighted by molar-refractivity contribution is -0.179. The summed E-state index contributed by atoms with van der Waals surface area (Å²) in [7, 11) is 1.64. The molecule has 10 rings (SSSR count). The highest BCUT2D eigenvalue weighted by Gasteiger charge is 2.74. The van der Waals surface area contributed by atoms with Crippen LogP contribution >= 0.6 is 0 Å². The zero-order chi connectivity index (χ0) is 35.5. The van der Waals surface area contributed by atoms with E-state index in [-0.39, 0.29) is 35.1 Å². The number of hydrogen-bond donors (Lipinski definition) is 4. The molecule has 0 radical (unpaired) electrons. The van der Waals surface area contributed by atoms with Crippen molar-refractivity contribution in [2.75, 3.05) is 33.4 Å². The molecule has 7 nitrogen and oxygen atoms in total. The van der Waals surface area contributed by atoms with Crippen LogP contribution in [0.3, 0.4) is 0 Å². The minimum Gasteiger partial charge on any atom is -0.497 e. The van der Waals surface area contributed by atoms with Crippen LogP contribution in [0.5, 0.6) is 5.75 Å². The molecule has 6 saturated carbocycles. The molecule has 12 atom stereocenters. The summed E-state index contributed by atoms with van der Waals surface area (Å²) in [5.74, 6) is 3.06. The van der Waals surface area contributed by atoms with Crippen molar-refractivity contribution >= 4 is 5.78 Å². The predicted molar refractivity (Wildman–Crippen MR) is 194 cm³/mol. The van der Waals surface area contributed by atoms with Gasteiger partial charge in [-0.05, 0) is 129 Å². The number of ketones is 1. The van der Waals surface area contributed by atoms with Crippen molar-refractivity contribution in [2.45, 2.75) is 110 Å². The van der Waals surface area contributed by atoms with Gasteiger partial charge in [0.15, 0.2) is 5.78 Å². The molecule has 0 aliphatic heterocycles. The van der Waals surface area contributed by atoms with E-state index in [9.17, 15) is 25.2 Å². The summed E-state index contributed by atoms with van der Waals surface area (Å²) in [4.78, 5) is 17.2. The standard InChI is InChI=1S/C43H61NO6/c1-38(2)29-9-6-28(33(38)20-29)23-44(24-31(47)25-45)26-42(49)17-14-36-40(42,4)16-13-35-39(3)15-12-30(46)21-41(39)18-19-43(35,36)34(22-41)37(48)27-7-10-32(50-5)11-8-27/h7-8,10-11,18-19,22,28-31,33,35-36,45-47,49H,6,9,12-17,20-21,23-26H2,1-5H3/t28-,29-,30?,31-,33-,35+,36+,39+,40-,41-,42+,43+/m0/s1. The van der Waals surface area contributed by atoms with Crippen molar-refractivity contribution in [3.8, 4) is 5.75 Å². The summed E-state index contributed by atoms with van der Waals surface area (Å²) < 4.78 is 5.42. The fourth-order valence-electron chi connectivity index (χ4n) is 13.9. The molecule has 1 aromatic rings. The summed E-state index contributed by atoms with van der Waals surface area (Å²) in [6.45, 7) is 10.9. The number of carbonyl (C=O) groups is 1. The summed E-state index contributed by atoms with van der Waals surface area (Å²) in [5, 5.41) is 44.8. The van der Waals surface area contributed by atoms with Gasteiger partial charge < -0.3 is 25.2 Å². The first kappa shape index (κ1) is 35.0. The smallest absolute Gasteiger partial charge is 0.189 e. The lowest BCUT2D eigenvalue weighted by Gasteiger charge is -2.71. The van der Waals surface area contributed by atoms with E-state index < -0.39 is 28.6 Å². The lowest BCUT2D eigenvalue weighted by atomic mass is 9.32. The normalized spacial score (nSPS) is 45.6. The Hall–Kier alpha value is -2.03. The van der Waals surface area contributed by atoms with E-state index in [1.54, 1.807) is 7.11 Å². The molecule has 6 fully saturated rings. The fourth-order valence-corrected chi connectivity index (χ4v) is 13.9. The molecule has 1 unspecified atom stereocenters. The van der Waals surface area contributed by atoms with E-state index >= 15 is 0 Å². The second-order valence-electron chi connectivity index (χ2n) is 19.1. The minimum absolute atomic E-state index is 0.0505. The predicted octanol–water partition coefficient (Wildman–Crippen LogP) is 6.20. The zero-order valence-electron chi connectivity index (χ0n) is 31.0. The van der Waals surface area contributed by atoms with E-state index in [4.69, 9.17) is 4.74 Å². The topological polar surface area (TPSA) is 110 Å². The summed E-state index contributed by atoms with van der Waals surface area (Å²) in [5.41, 5.74) is -0.575. The van der Waals surface area contributed by atoms with Gasteiger partial charge in [0.05, 0.1) is 31.5 Å². The van der Waals surface area contributed by atoms with Gasteiger partial charge in [-0.3, -0.25) is 9.69 Å². The van der Waals surface area contributed by atoms with E-state index in [1.807, 2.05) is 24.3 Å². The number of fused-ring (bicyclic) bond motifs is 3. The van der Waals surface area contributed by atoms with Crippen LogP contribution < -0.4 is 4.74 Å². The second kappa shape index (κ2) is 11.7. The first-order valence-corrected chi connectivity index (χ1v) is 19.7. The maximum absolute atomic E-state index is 14.9. The largest absolute Gasteiger partial charge is 0.497 e. The number of allylic oxidation sites excluding steroid dienone is 4. The number of ether oxygens (including phenoxy) is 1. The van der Waals surface area contributed by atoms with Crippen molar-refractivity contribution in [3.63, 3.8) is 0 Å². The van der Waals surface area contributed by atoms with Gasteiger partial charge in [-0.2, -0.15) is 0 Å². The number of hydrogen-bond acceptors (Lipinski definition) is 7. The quantitative estimate of drug-likeness (QED) is 0.171. The van der Waals surface area contributed by atoms with Crippen LogP contribution in [0.1, 0.15) is 102 Å². The molecule has 2 spiro atoms. The van der Waals surface area contributed by atoms with Crippen LogP contribution in [0, 0.1) is 56.7 Å². The van der Waals surface area contributed by atoms with Gasteiger partial charge in [-0.15, -0.1) is 0 Å². The fraction of sp³-hybridized carbons (Fsp3) is 0.744. The number of carbonyl (C=O) groups excluding carboxylic acids is 1. The van der Waals surface area contributed by atoms with E-state index in [1.165, 1.54) is 19.3 Å².